The molecule has 1 aliphatic heterocycles. The molecule has 0 spiro atoms. The van der Waals surface area contributed by atoms with E-state index in [9.17, 15) is 4.39 Å². The Hall–Kier alpha value is -1.15. The number of benzene rings is 1. The zero-order chi connectivity index (χ0) is 17.9. The lowest BCUT2D eigenvalue weighted by Gasteiger charge is -2.32. The molecule has 0 aliphatic carbocycles. The number of rotatable bonds is 8. The third kappa shape index (κ3) is 8.49. The van der Waals surface area contributed by atoms with E-state index in [1.165, 1.54) is 6.07 Å². The summed E-state index contributed by atoms with van der Waals surface area (Å²) in [4.78, 5) is 7.10. The smallest absolute Gasteiger partial charge is 0.191 e. The normalized spacial score (nSPS) is 16.0. The summed E-state index contributed by atoms with van der Waals surface area (Å²) in [5.74, 6) is 0.725. The van der Waals surface area contributed by atoms with Gasteiger partial charge in [-0.05, 0) is 50.3 Å². The van der Waals surface area contributed by atoms with E-state index in [2.05, 4.69) is 34.0 Å². The first-order chi connectivity index (χ1) is 12.2. The first-order valence-corrected chi connectivity index (χ1v) is 9.33. The number of nitrogens with zero attached hydrogens (tertiary/aromatic N) is 2. The summed E-state index contributed by atoms with van der Waals surface area (Å²) < 4.78 is 13.2. The predicted octanol–water partition coefficient (Wildman–Crippen LogP) is 3.58. The van der Waals surface area contributed by atoms with E-state index in [4.69, 9.17) is 0 Å². The number of guanidine groups is 1. The summed E-state index contributed by atoms with van der Waals surface area (Å²) in [5.41, 5.74) is 1.03. The minimum Gasteiger partial charge on any atom is -0.357 e. The Morgan fingerprint density at radius 1 is 1.38 bits per heavy atom. The van der Waals surface area contributed by atoms with E-state index in [1.54, 1.807) is 12.1 Å². The van der Waals surface area contributed by atoms with Gasteiger partial charge in [-0.2, -0.15) is 0 Å². The second-order valence-electron chi connectivity index (χ2n) is 6.50. The lowest BCUT2D eigenvalue weighted by Crippen LogP contribution is -2.48. The van der Waals surface area contributed by atoms with Crippen molar-refractivity contribution in [1.82, 2.24) is 15.5 Å². The lowest BCUT2D eigenvalue weighted by atomic mass is 10.1. The molecule has 1 aliphatic rings. The first-order valence-electron chi connectivity index (χ1n) is 9.33. The number of hydrogen-bond donors (Lipinski definition) is 2. The Bertz CT molecular complexity index is 556. The Morgan fingerprint density at radius 2 is 2.15 bits per heavy atom. The predicted molar refractivity (Wildman–Crippen MR) is 119 cm³/mol. The Kier molecular flexibility index (Phi) is 11.5. The summed E-state index contributed by atoms with van der Waals surface area (Å²) >= 11 is 0. The molecule has 1 saturated heterocycles. The molecule has 4 nitrogen and oxygen atoms in total. The van der Waals surface area contributed by atoms with Gasteiger partial charge in [0.25, 0.3) is 0 Å². The zero-order valence-electron chi connectivity index (χ0n) is 15.7. The fourth-order valence-corrected chi connectivity index (χ4v) is 3.12. The van der Waals surface area contributed by atoms with Crippen molar-refractivity contribution in [3.63, 3.8) is 0 Å². The quantitative estimate of drug-likeness (QED) is 0.199. The fraction of sp³-hybridized carbons (Fsp3) is 0.550. The molecule has 1 heterocycles. The second-order valence-corrected chi connectivity index (χ2v) is 6.50. The van der Waals surface area contributed by atoms with Crippen LogP contribution < -0.4 is 10.6 Å². The molecule has 0 atom stereocenters. The van der Waals surface area contributed by atoms with Gasteiger partial charge < -0.3 is 10.6 Å². The van der Waals surface area contributed by atoms with E-state index in [-0.39, 0.29) is 29.8 Å². The van der Waals surface area contributed by atoms with Gasteiger partial charge in [0, 0.05) is 38.8 Å². The van der Waals surface area contributed by atoms with Gasteiger partial charge in [-0.25, -0.2) is 4.39 Å². The molecule has 1 aromatic rings. The molecule has 2 rings (SSSR count). The van der Waals surface area contributed by atoms with Crippen molar-refractivity contribution in [3.05, 3.63) is 48.3 Å². The van der Waals surface area contributed by atoms with E-state index < -0.39 is 0 Å². The third-order valence-electron chi connectivity index (χ3n) is 4.44. The molecule has 26 heavy (non-hydrogen) atoms. The van der Waals surface area contributed by atoms with Crippen LogP contribution in [-0.2, 0) is 6.42 Å². The molecule has 146 valence electrons. The van der Waals surface area contributed by atoms with Crippen LogP contribution in [0.2, 0.25) is 0 Å². The average molecular weight is 474 g/mol. The summed E-state index contributed by atoms with van der Waals surface area (Å²) in [6.45, 7) is 10.7. The van der Waals surface area contributed by atoms with Crippen LogP contribution in [0.25, 0.3) is 0 Å². The third-order valence-corrected chi connectivity index (χ3v) is 4.44. The van der Waals surface area contributed by atoms with E-state index in [0.717, 1.165) is 69.9 Å². The number of aryl methyl sites for hydroxylation is 1. The van der Waals surface area contributed by atoms with E-state index in [0.29, 0.717) is 6.04 Å². The molecule has 0 radical (unpaired) electrons. The Morgan fingerprint density at radius 3 is 2.81 bits per heavy atom. The lowest BCUT2D eigenvalue weighted by molar-refractivity contribution is 0.225. The van der Waals surface area contributed by atoms with E-state index in [1.807, 2.05) is 12.1 Å². The van der Waals surface area contributed by atoms with Gasteiger partial charge >= 0.3 is 0 Å². The molecule has 0 saturated carbocycles. The maximum Gasteiger partial charge on any atom is 0.191 e. The number of nitrogens with one attached hydrogen (secondary N) is 2. The van der Waals surface area contributed by atoms with Crippen molar-refractivity contribution in [2.75, 3.05) is 32.7 Å². The standard InChI is InChI=1S/C20H31FN4.HI/c1-3-13-25-14-10-19(11-15-25)24-20(22-4-2)23-12-6-8-17-7-5-9-18(21)16-17;/h3,5,7,9,16,19H,1,4,6,8,10-15H2,2H3,(H2,22,23,24);1H. The molecule has 6 heteroatoms. The van der Waals surface area contributed by atoms with Crippen LogP contribution in [0.15, 0.2) is 41.9 Å². The monoisotopic (exact) mass is 474 g/mol. The second kappa shape index (κ2) is 13.1. The summed E-state index contributed by atoms with van der Waals surface area (Å²) in [7, 11) is 0. The van der Waals surface area contributed by atoms with Crippen molar-refractivity contribution in [2.24, 2.45) is 4.99 Å². The van der Waals surface area contributed by atoms with Gasteiger partial charge in [0.2, 0.25) is 0 Å². The molecular formula is C20H32FIN4. The van der Waals surface area contributed by atoms with Crippen molar-refractivity contribution >= 4 is 29.9 Å². The zero-order valence-corrected chi connectivity index (χ0v) is 18.0. The summed E-state index contributed by atoms with van der Waals surface area (Å²) in [6, 6.07) is 7.28. The van der Waals surface area contributed by atoms with Crippen molar-refractivity contribution in [1.29, 1.82) is 0 Å². The molecule has 0 amide bonds. The molecule has 1 aromatic carbocycles. The SMILES string of the molecule is C=CCN1CCC(NC(=NCCCc2cccc(F)c2)NCC)CC1.I. The van der Waals surface area contributed by atoms with Gasteiger partial charge in [0.1, 0.15) is 5.82 Å². The fourth-order valence-electron chi connectivity index (χ4n) is 3.12. The minimum atomic E-state index is -0.168. The van der Waals surface area contributed by atoms with Crippen LogP contribution >= 0.6 is 24.0 Å². The minimum absolute atomic E-state index is 0. The van der Waals surface area contributed by atoms with Crippen LogP contribution in [0, 0.1) is 5.82 Å². The molecule has 1 fully saturated rings. The average Bonchev–Trinajstić information content (AvgIpc) is 2.61. The molecular weight excluding hydrogens is 442 g/mol. The van der Waals surface area contributed by atoms with Crippen LogP contribution in [0.4, 0.5) is 4.39 Å². The Balaban J connectivity index is 0.00000338. The van der Waals surface area contributed by atoms with Crippen molar-refractivity contribution in [3.8, 4) is 0 Å². The number of halogens is 2. The molecule has 0 aromatic heterocycles. The molecule has 0 unspecified atom stereocenters. The largest absolute Gasteiger partial charge is 0.357 e. The first kappa shape index (κ1) is 22.9. The highest BCUT2D eigenvalue weighted by molar-refractivity contribution is 14.0. The number of aliphatic imine (C=N–C) groups is 1. The van der Waals surface area contributed by atoms with Gasteiger partial charge in [-0.1, -0.05) is 18.2 Å². The maximum atomic E-state index is 13.2. The van der Waals surface area contributed by atoms with Crippen LogP contribution in [-0.4, -0.2) is 49.6 Å². The van der Waals surface area contributed by atoms with Gasteiger partial charge in [-0.15, -0.1) is 30.6 Å². The van der Waals surface area contributed by atoms with Crippen LogP contribution in [0.1, 0.15) is 31.7 Å². The number of hydrogen-bond acceptors (Lipinski definition) is 2. The highest BCUT2D eigenvalue weighted by Gasteiger charge is 2.18. The topological polar surface area (TPSA) is 39.7 Å². The van der Waals surface area contributed by atoms with Crippen molar-refractivity contribution < 1.29 is 4.39 Å². The van der Waals surface area contributed by atoms with Crippen LogP contribution in [0.3, 0.4) is 0 Å². The van der Waals surface area contributed by atoms with Gasteiger partial charge in [0.15, 0.2) is 5.96 Å². The van der Waals surface area contributed by atoms with E-state index >= 15 is 0 Å². The number of piperidine rings is 1. The van der Waals surface area contributed by atoms with Crippen molar-refractivity contribution in [2.45, 2.75) is 38.6 Å². The molecule has 0 bridgehead atoms. The summed E-state index contributed by atoms with van der Waals surface area (Å²) in [6.07, 6.45) is 5.99. The summed E-state index contributed by atoms with van der Waals surface area (Å²) in [5, 5.41) is 6.88. The van der Waals surface area contributed by atoms with Crippen LogP contribution in [0.5, 0.6) is 0 Å². The van der Waals surface area contributed by atoms with Gasteiger partial charge in [-0.3, -0.25) is 9.89 Å². The van der Waals surface area contributed by atoms with Gasteiger partial charge in [0.05, 0.1) is 0 Å². The molecule has 2 N–H and O–H groups in total. The Labute approximate surface area is 174 Å². The maximum absolute atomic E-state index is 13.2. The highest BCUT2D eigenvalue weighted by Crippen LogP contribution is 2.10. The highest BCUT2D eigenvalue weighted by atomic mass is 127. The number of likely N-dealkylation sites (tertiary alicyclic amines) is 1.